The predicted molar refractivity (Wildman–Crippen MR) is 62.2 cm³/mol. The summed E-state index contributed by atoms with van der Waals surface area (Å²) in [6.07, 6.45) is 5.85. The average molecular weight is 219 g/mol. The van der Waals surface area contributed by atoms with Gasteiger partial charge in [-0.1, -0.05) is 0 Å². The molecule has 86 valence electrons. The van der Waals surface area contributed by atoms with E-state index in [1.54, 1.807) is 24.5 Å². The molecule has 0 aliphatic carbocycles. The summed E-state index contributed by atoms with van der Waals surface area (Å²) in [6, 6.07) is 3.45. The van der Waals surface area contributed by atoms with Gasteiger partial charge >= 0.3 is 0 Å². The van der Waals surface area contributed by atoms with E-state index in [9.17, 15) is 4.79 Å². The van der Waals surface area contributed by atoms with Crippen LogP contribution in [-0.4, -0.2) is 42.0 Å². The summed E-state index contributed by atoms with van der Waals surface area (Å²) in [4.78, 5) is 17.9. The molecule has 0 unspecified atom stereocenters. The van der Waals surface area contributed by atoms with E-state index in [2.05, 4.69) is 15.2 Å². The Bertz CT molecular complexity index is 333. The van der Waals surface area contributed by atoms with E-state index in [-0.39, 0.29) is 5.91 Å². The fraction of sp³-hybridized carbons (Fsp3) is 0.500. The monoisotopic (exact) mass is 219 g/mol. The van der Waals surface area contributed by atoms with Gasteiger partial charge in [-0.05, 0) is 38.1 Å². The van der Waals surface area contributed by atoms with Crippen molar-refractivity contribution in [3.8, 4) is 0 Å². The van der Waals surface area contributed by atoms with E-state index in [1.165, 1.54) is 25.9 Å². The Kier molecular flexibility index (Phi) is 3.88. The fourth-order valence-electron chi connectivity index (χ4n) is 1.94. The van der Waals surface area contributed by atoms with E-state index < -0.39 is 0 Å². The third-order valence-electron chi connectivity index (χ3n) is 2.85. The Morgan fingerprint density at radius 2 is 2.00 bits per heavy atom. The van der Waals surface area contributed by atoms with Crippen molar-refractivity contribution in [2.75, 3.05) is 26.2 Å². The number of carbonyl (C=O) groups is 1. The van der Waals surface area contributed by atoms with Crippen LogP contribution in [0.15, 0.2) is 24.5 Å². The van der Waals surface area contributed by atoms with Crippen molar-refractivity contribution in [3.63, 3.8) is 0 Å². The molecule has 0 bridgehead atoms. The highest BCUT2D eigenvalue weighted by Crippen LogP contribution is 2.05. The molecule has 4 heteroatoms. The zero-order valence-electron chi connectivity index (χ0n) is 9.35. The molecule has 1 aliphatic heterocycles. The van der Waals surface area contributed by atoms with Gasteiger partial charge in [-0.3, -0.25) is 9.78 Å². The van der Waals surface area contributed by atoms with Gasteiger partial charge in [0.1, 0.15) is 0 Å². The molecule has 0 aromatic carbocycles. The first-order valence-corrected chi connectivity index (χ1v) is 5.77. The van der Waals surface area contributed by atoms with E-state index in [4.69, 9.17) is 0 Å². The lowest BCUT2D eigenvalue weighted by molar-refractivity contribution is 0.0949. The van der Waals surface area contributed by atoms with Crippen molar-refractivity contribution >= 4 is 5.91 Å². The lowest BCUT2D eigenvalue weighted by Gasteiger charge is -2.14. The van der Waals surface area contributed by atoms with Crippen LogP contribution in [0.5, 0.6) is 0 Å². The summed E-state index contributed by atoms with van der Waals surface area (Å²) in [5.41, 5.74) is 0.677. The van der Waals surface area contributed by atoms with Crippen molar-refractivity contribution in [2.45, 2.75) is 12.8 Å². The average Bonchev–Trinajstić information content (AvgIpc) is 2.83. The van der Waals surface area contributed by atoms with Crippen molar-refractivity contribution < 1.29 is 4.79 Å². The molecule has 1 saturated heterocycles. The van der Waals surface area contributed by atoms with Crippen molar-refractivity contribution in [1.82, 2.24) is 15.2 Å². The van der Waals surface area contributed by atoms with Gasteiger partial charge in [-0.15, -0.1) is 0 Å². The number of hydrogen-bond donors (Lipinski definition) is 1. The molecule has 0 saturated carbocycles. The van der Waals surface area contributed by atoms with Crippen LogP contribution < -0.4 is 5.32 Å². The number of likely N-dealkylation sites (tertiary alicyclic amines) is 1. The molecular formula is C12H17N3O. The standard InChI is InChI=1S/C12H17N3O/c16-12(11-3-5-13-6-4-11)14-7-10-15-8-1-2-9-15/h3-6H,1-2,7-10H2,(H,14,16). The summed E-state index contributed by atoms with van der Waals surface area (Å²) in [5.74, 6) is -0.0124. The largest absolute Gasteiger partial charge is 0.351 e. The molecule has 0 atom stereocenters. The maximum Gasteiger partial charge on any atom is 0.251 e. The number of nitrogens with zero attached hydrogens (tertiary/aromatic N) is 2. The summed E-state index contributed by atoms with van der Waals surface area (Å²) >= 11 is 0. The second-order valence-electron chi connectivity index (χ2n) is 4.04. The third kappa shape index (κ3) is 3.03. The first kappa shape index (κ1) is 11.1. The van der Waals surface area contributed by atoms with Gasteiger partial charge in [0.05, 0.1) is 0 Å². The third-order valence-corrected chi connectivity index (χ3v) is 2.85. The summed E-state index contributed by atoms with van der Waals surface area (Å²) in [5, 5.41) is 2.92. The van der Waals surface area contributed by atoms with Gasteiger partial charge in [-0.2, -0.15) is 0 Å². The summed E-state index contributed by atoms with van der Waals surface area (Å²) < 4.78 is 0. The van der Waals surface area contributed by atoms with Crippen LogP contribution in [-0.2, 0) is 0 Å². The van der Waals surface area contributed by atoms with Crippen molar-refractivity contribution in [3.05, 3.63) is 30.1 Å². The highest BCUT2D eigenvalue weighted by Gasteiger charge is 2.11. The highest BCUT2D eigenvalue weighted by molar-refractivity contribution is 5.93. The summed E-state index contributed by atoms with van der Waals surface area (Å²) in [7, 11) is 0. The minimum atomic E-state index is -0.0124. The second kappa shape index (κ2) is 5.61. The number of pyridine rings is 1. The van der Waals surface area contributed by atoms with Crippen LogP contribution in [0.3, 0.4) is 0 Å². The van der Waals surface area contributed by atoms with E-state index in [1.807, 2.05) is 0 Å². The van der Waals surface area contributed by atoms with Gasteiger partial charge in [-0.25, -0.2) is 0 Å². The van der Waals surface area contributed by atoms with Gasteiger partial charge in [0.15, 0.2) is 0 Å². The molecule has 1 aliphatic rings. The smallest absolute Gasteiger partial charge is 0.251 e. The number of rotatable bonds is 4. The quantitative estimate of drug-likeness (QED) is 0.818. The molecule has 1 aromatic heterocycles. The molecule has 1 N–H and O–H groups in total. The van der Waals surface area contributed by atoms with Crippen LogP contribution in [0, 0.1) is 0 Å². The second-order valence-corrected chi connectivity index (χ2v) is 4.04. The van der Waals surface area contributed by atoms with Crippen LogP contribution in [0.2, 0.25) is 0 Å². The van der Waals surface area contributed by atoms with Crippen LogP contribution >= 0.6 is 0 Å². The Hall–Kier alpha value is -1.42. The zero-order valence-corrected chi connectivity index (χ0v) is 9.35. The molecule has 4 nitrogen and oxygen atoms in total. The lowest BCUT2D eigenvalue weighted by atomic mass is 10.2. The molecule has 2 heterocycles. The van der Waals surface area contributed by atoms with Gasteiger partial charge in [0.2, 0.25) is 0 Å². The molecule has 1 fully saturated rings. The maximum atomic E-state index is 11.7. The molecule has 1 amide bonds. The fourth-order valence-corrected chi connectivity index (χ4v) is 1.94. The van der Waals surface area contributed by atoms with Crippen LogP contribution in [0.1, 0.15) is 23.2 Å². The molecule has 0 radical (unpaired) electrons. The minimum Gasteiger partial charge on any atom is -0.351 e. The number of hydrogen-bond acceptors (Lipinski definition) is 3. The van der Waals surface area contributed by atoms with Crippen molar-refractivity contribution in [2.24, 2.45) is 0 Å². The first-order valence-electron chi connectivity index (χ1n) is 5.77. The van der Waals surface area contributed by atoms with Gasteiger partial charge in [0.25, 0.3) is 5.91 Å². The number of aromatic nitrogens is 1. The van der Waals surface area contributed by atoms with Gasteiger partial charge in [0, 0.05) is 31.0 Å². The summed E-state index contributed by atoms with van der Waals surface area (Å²) in [6.45, 7) is 4.02. The normalized spacial score (nSPS) is 16.2. The molecule has 16 heavy (non-hydrogen) atoms. The van der Waals surface area contributed by atoms with Crippen LogP contribution in [0.4, 0.5) is 0 Å². The Balaban J connectivity index is 1.71. The minimum absolute atomic E-state index is 0.0124. The Labute approximate surface area is 95.7 Å². The SMILES string of the molecule is O=C(NCCN1CCCC1)c1ccncc1. The molecule has 2 rings (SSSR count). The molecular weight excluding hydrogens is 202 g/mol. The topological polar surface area (TPSA) is 45.2 Å². The van der Waals surface area contributed by atoms with Gasteiger partial charge < -0.3 is 10.2 Å². The number of carbonyl (C=O) groups excluding carboxylic acids is 1. The molecule has 0 spiro atoms. The lowest BCUT2D eigenvalue weighted by Crippen LogP contribution is -2.33. The Morgan fingerprint density at radius 3 is 2.69 bits per heavy atom. The first-order chi connectivity index (χ1) is 7.86. The van der Waals surface area contributed by atoms with Crippen molar-refractivity contribution in [1.29, 1.82) is 0 Å². The number of nitrogens with one attached hydrogen (secondary N) is 1. The highest BCUT2D eigenvalue weighted by atomic mass is 16.1. The van der Waals surface area contributed by atoms with E-state index in [0.717, 1.165) is 13.1 Å². The number of amides is 1. The predicted octanol–water partition coefficient (Wildman–Crippen LogP) is 0.907. The Morgan fingerprint density at radius 1 is 1.31 bits per heavy atom. The zero-order chi connectivity index (χ0) is 11.2. The maximum absolute atomic E-state index is 11.7. The van der Waals surface area contributed by atoms with E-state index in [0.29, 0.717) is 5.56 Å². The molecule has 1 aromatic rings. The van der Waals surface area contributed by atoms with E-state index >= 15 is 0 Å². The van der Waals surface area contributed by atoms with Crippen LogP contribution in [0.25, 0.3) is 0 Å².